The van der Waals surface area contributed by atoms with E-state index in [1.54, 1.807) is 5.38 Å². The summed E-state index contributed by atoms with van der Waals surface area (Å²) in [4.78, 5) is 23.5. The summed E-state index contributed by atoms with van der Waals surface area (Å²) < 4.78 is 0. The van der Waals surface area contributed by atoms with Crippen molar-refractivity contribution in [2.45, 2.75) is 25.3 Å². The summed E-state index contributed by atoms with van der Waals surface area (Å²) in [7, 11) is 0. The average Bonchev–Trinajstić information content (AvgIpc) is 3.06. The molecule has 0 aromatic carbocycles. The van der Waals surface area contributed by atoms with Crippen LogP contribution in [0.25, 0.3) is 0 Å². The van der Waals surface area contributed by atoms with Crippen LogP contribution in [0.4, 0.5) is 0 Å². The Kier molecular flexibility index (Phi) is 3.41. The number of hydrogen-bond donors (Lipinski definition) is 3. The van der Waals surface area contributed by atoms with Gasteiger partial charge < -0.3 is 16.8 Å². The minimum Gasteiger partial charge on any atom is -0.366 e. The van der Waals surface area contributed by atoms with Crippen molar-refractivity contribution in [2.75, 3.05) is 6.54 Å². The van der Waals surface area contributed by atoms with Gasteiger partial charge in [0.15, 0.2) is 0 Å². The lowest BCUT2D eigenvalue weighted by molar-refractivity contribution is 0.0902. The highest BCUT2D eigenvalue weighted by atomic mass is 32.1. The smallest absolute Gasteiger partial charge is 0.261 e. The number of primary amides is 1. The van der Waals surface area contributed by atoms with Crippen LogP contribution in [0.15, 0.2) is 11.4 Å². The van der Waals surface area contributed by atoms with E-state index in [0.29, 0.717) is 22.9 Å². The Morgan fingerprint density at radius 2 is 2.22 bits per heavy atom. The fraction of sp³-hybridized carbons (Fsp3) is 0.500. The van der Waals surface area contributed by atoms with Crippen LogP contribution in [0.3, 0.4) is 0 Å². The Bertz CT molecular complexity index is 481. The van der Waals surface area contributed by atoms with Crippen LogP contribution in [0.1, 0.15) is 39.8 Å². The number of rotatable bonds is 5. The van der Waals surface area contributed by atoms with Crippen molar-refractivity contribution < 1.29 is 9.59 Å². The lowest BCUT2D eigenvalue weighted by Crippen LogP contribution is -2.53. The number of nitrogens with two attached hydrogens (primary N) is 2. The van der Waals surface area contributed by atoms with E-state index in [2.05, 4.69) is 5.32 Å². The van der Waals surface area contributed by atoms with Gasteiger partial charge in [0.2, 0.25) is 5.91 Å². The molecule has 1 unspecified atom stereocenters. The highest BCUT2D eigenvalue weighted by molar-refractivity contribution is 7.12. The zero-order valence-corrected chi connectivity index (χ0v) is 11.0. The molecule has 1 aliphatic rings. The Hall–Kier alpha value is -1.40. The SMILES string of the molecule is CC(CN)(NC(=O)c1cc(C(N)=O)cs1)C1CC1. The standard InChI is InChI=1S/C12H17N3O2S/c1-12(6-13,8-2-3-8)15-11(17)9-4-7(5-18-9)10(14)16/h4-5,8H,2-3,6,13H2,1H3,(H2,14,16)(H,15,17). The van der Waals surface area contributed by atoms with E-state index in [0.717, 1.165) is 12.8 Å². The molecule has 1 saturated carbocycles. The Labute approximate surface area is 110 Å². The van der Waals surface area contributed by atoms with Crippen molar-refractivity contribution in [3.8, 4) is 0 Å². The van der Waals surface area contributed by atoms with Crippen LogP contribution in [-0.2, 0) is 0 Å². The summed E-state index contributed by atoms with van der Waals surface area (Å²) in [6.07, 6.45) is 2.20. The molecule has 5 N–H and O–H groups in total. The molecule has 5 nitrogen and oxygen atoms in total. The van der Waals surface area contributed by atoms with E-state index in [1.807, 2.05) is 6.92 Å². The predicted octanol–water partition coefficient (Wildman–Crippen LogP) is 0.704. The van der Waals surface area contributed by atoms with Crippen LogP contribution < -0.4 is 16.8 Å². The fourth-order valence-electron chi connectivity index (χ4n) is 1.95. The zero-order chi connectivity index (χ0) is 13.3. The quantitative estimate of drug-likeness (QED) is 0.732. The molecule has 6 heteroatoms. The molecule has 1 aliphatic carbocycles. The van der Waals surface area contributed by atoms with Gasteiger partial charge in [0.25, 0.3) is 5.91 Å². The first kappa shape index (κ1) is 13.0. The molecule has 98 valence electrons. The number of carbonyl (C=O) groups excluding carboxylic acids is 2. The summed E-state index contributed by atoms with van der Waals surface area (Å²) >= 11 is 1.22. The van der Waals surface area contributed by atoms with Gasteiger partial charge in [-0.25, -0.2) is 0 Å². The van der Waals surface area contributed by atoms with E-state index in [9.17, 15) is 9.59 Å². The average molecular weight is 267 g/mol. The minimum absolute atomic E-state index is 0.188. The van der Waals surface area contributed by atoms with Gasteiger partial charge in [-0.15, -0.1) is 11.3 Å². The Morgan fingerprint density at radius 1 is 1.56 bits per heavy atom. The summed E-state index contributed by atoms with van der Waals surface area (Å²) in [6, 6.07) is 1.52. The monoisotopic (exact) mass is 267 g/mol. The third-order valence-electron chi connectivity index (χ3n) is 3.41. The first-order valence-corrected chi connectivity index (χ1v) is 6.75. The van der Waals surface area contributed by atoms with Crippen molar-refractivity contribution in [1.82, 2.24) is 5.32 Å². The molecule has 1 aromatic rings. The van der Waals surface area contributed by atoms with E-state index in [-0.39, 0.29) is 11.4 Å². The molecule has 2 amide bonds. The molecule has 18 heavy (non-hydrogen) atoms. The minimum atomic E-state index is -0.519. The maximum absolute atomic E-state index is 12.1. The second-order valence-corrected chi connectivity index (χ2v) is 5.83. The van der Waals surface area contributed by atoms with Gasteiger partial charge in [0.1, 0.15) is 0 Å². The Balaban J connectivity index is 2.08. The molecule has 0 bridgehead atoms. The topological polar surface area (TPSA) is 98.2 Å². The molecule has 1 heterocycles. The molecule has 2 rings (SSSR count). The molecule has 1 fully saturated rings. The third kappa shape index (κ3) is 2.54. The highest BCUT2D eigenvalue weighted by Gasteiger charge is 2.41. The number of hydrogen-bond acceptors (Lipinski definition) is 4. The highest BCUT2D eigenvalue weighted by Crippen LogP contribution is 2.39. The second kappa shape index (κ2) is 4.70. The number of amides is 2. The number of thiophene rings is 1. The summed E-state index contributed by atoms with van der Waals surface area (Å²) in [6.45, 7) is 2.38. The van der Waals surface area contributed by atoms with Crippen molar-refractivity contribution in [2.24, 2.45) is 17.4 Å². The van der Waals surface area contributed by atoms with Crippen LogP contribution in [-0.4, -0.2) is 23.9 Å². The third-order valence-corrected chi connectivity index (χ3v) is 4.34. The van der Waals surface area contributed by atoms with Crippen molar-refractivity contribution in [3.05, 3.63) is 21.9 Å². The maximum Gasteiger partial charge on any atom is 0.261 e. The van der Waals surface area contributed by atoms with E-state index in [4.69, 9.17) is 11.5 Å². The first-order valence-electron chi connectivity index (χ1n) is 5.87. The van der Waals surface area contributed by atoms with Gasteiger partial charge >= 0.3 is 0 Å². The lowest BCUT2D eigenvalue weighted by Gasteiger charge is -2.29. The summed E-state index contributed by atoms with van der Waals surface area (Å²) in [5.74, 6) is -0.247. The van der Waals surface area contributed by atoms with Gasteiger partial charge in [0, 0.05) is 11.9 Å². The maximum atomic E-state index is 12.1. The van der Waals surface area contributed by atoms with Crippen LogP contribution in [0.2, 0.25) is 0 Å². The molecule has 1 atom stereocenters. The molecule has 1 aromatic heterocycles. The fourth-order valence-corrected chi connectivity index (χ4v) is 2.74. The van der Waals surface area contributed by atoms with Crippen molar-refractivity contribution >= 4 is 23.2 Å². The molecular formula is C12H17N3O2S. The van der Waals surface area contributed by atoms with Gasteiger partial charge in [0.05, 0.1) is 16.0 Å². The van der Waals surface area contributed by atoms with Crippen molar-refractivity contribution in [1.29, 1.82) is 0 Å². The van der Waals surface area contributed by atoms with E-state index < -0.39 is 5.91 Å². The number of nitrogens with one attached hydrogen (secondary N) is 1. The van der Waals surface area contributed by atoms with Crippen LogP contribution >= 0.6 is 11.3 Å². The van der Waals surface area contributed by atoms with Gasteiger partial charge in [-0.2, -0.15) is 0 Å². The van der Waals surface area contributed by atoms with Crippen LogP contribution in [0, 0.1) is 5.92 Å². The zero-order valence-electron chi connectivity index (χ0n) is 10.2. The van der Waals surface area contributed by atoms with E-state index >= 15 is 0 Å². The van der Waals surface area contributed by atoms with Crippen LogP contribution in [0.5, 0.6) is 0 Å². The first-order chi connectivity index (χ1) is 8.46. The molecule has 0 spiro atoms. The predicted molar refractivity (Wildman–Crippen MR) is 70.5 cm³/mol. The van der Waals surface area contributed by atoms with Crippen molar-refractivity contribution in [3.63, 3.8) is 0 Å². The lowest BCUT2D eigenvalue weighted by atomic mass is 9.96. The summed E-state index contributed by atoms with van der Waals surface area (Å²) in [5, 5.41) is 4.56. The van der Waals surface area contributed by atoms with Gasteiger partial charge in [-0.05, 0) is 31.7 Å². The summed E-state index contributed by atoms with van der Waals surface area (Å²) in [5.41, 5.74) is 10.9. The molecule has 0 saturated heterocycles. The van der Waals surface area contributed by atoms with Gasteiger partial charge in [-0.3, -0.25) is 9.59 Å². The number of carbonyl (C=O) groups is 2. The Morgan fingerprint density at radius 3 is 2.67 bits per heavy atom. The van der Waals surface area contributed by atoms with Gasteiger partial charge in [-0.1, -0.05) is 0 Å². The normalized spacial score (nSPS) is 18.1. The van der Waals surface area contributed by atoms with E-state index in [1.165, 1.54) is 17.4 Å². The molecular weight excluding hydrogens is 250 g/mol. The second-order valence-electron chi connectivity index (χ2n) is 4.91. The largest absolute Gasteiger partial charge is 0.366 e. The molecule has 0 aliphatic heterocycles. The molecule has 0 radical (unpaired) electrons.